The molecule has 6 heteroatoms. The number of sulfone groups is 1. The van der Waals surface area contributed by atoms with Gasteiger partial charge in [0, 0.05) is 6.26 Å². The van der Waals surface area contributed by atoms with Crippen LogP contribution < -0.4 is 5.32 Å². The topological polar surface area (TPSA) is 59.3 Å². The normalized spacial score (nSPS) is 13.4. The van der Waals surface area contributed by atoms with E-state index in [1.54, 1.807) is 30.5 Å². The average Bonchev–Trinajstić information content (AvgIpc) is 2.76. The van der Waals surface area contributed by atoms with Gasteiger partial charge < -0.3 is 9.73 Å². The van der Waals surface area contributed by atoms with Gasteiger partial charge >= 0.3 is 0 Å². The van der Waals surface area contributed by atoms with Crippen molar-refractivity contribution >= 4 is 25.8 Å². The van der Waals surface area contributed by atoms with E-state index >= 15 is 0 Å². The van der Waals surface area contributed by atoms with Crippen molar-refractivity contribution in [3.8, 4) is 0 Å². The minimum Gasteiger partial charge on any atom is -0.466 e. The van der Waals surface area contributed by atoms with Gasteiger partial charge in [-0.05, 0) is 46.7 Å². The van der Waals surface area contributed by atoms with Gasteiger partial charge in [0.2, 0.25) is 0 Å². The maximum Gasteiger partial charge on any atom is 0.175 e. The molecule has 0 saturated heterocycles. The van der Waals surface area contributed by atoms with Crippen LogP contribution in [0.5, 0.6) is 0 Å². The van der Waals surface area contributed by atoms with E-state index in [4.69, 9.17) is 4.42 Å². The first-order valence-corrected chi connectivity index (χ1v) is 8.32. The number of rotatable bonds is 4. The van der Waals surface area contributed by atoms with Gasteiger partial charge in [-0.3, -0.25) is 0 Å². The first kappa shape index (κ1) is 14.3. The lowest BCUT2D eigenvalue weighted by Gasteiger charge is -2.15. The first-order chi connectivity index (χ1) is 8.93. The van der Waals surface area contributed by atoms with Crippen molar-refractivity contribution in [3.63, 3.8) is 0 Å². The Bertz CT molecular complexity index is 661. The molecule has 0 aliphatic carbocycles. The van der Waals surface area contributed by atoms with Crippen molar-refractivity contribution in [2.45, 2.75) is 10.9 Å². The Balaban J connectivity index is 2.38. The molecule has 2 aromatic rings. The lowest BCUT2D eigenvalue weighted by molar-refractivity contribution is 0.461. The van der Waals surface area contributed by atoms with E-state index in [1.165, 1.54) is 6.26 Å². The predicted octanol–water partition coefficient (Wildman–Crippen LogP) is 2.75. The third-order valence-electron chi connectivity index (χ3n) is 2.84. The quantitative estimate of drug-likeness (QED) is 0.927. The number of hydrogen-bond donors (Lipinski definition) is 1. The average molecular weight is 344 g/mol. The molecule has 4 nitrogen and oxygen atoms in total. The molecule has 0 saturated carbocycles. The molecule has 0 bridgehead atoms. The number of nitrogens with one attached hydrogen (secondary N) is 1. The van der Waals surface area contributed by atoms with Crippen molar-refractivity contribution in [3.05, 3.63) is 52.4 Å². The molecule has 0 fully saturated rings. The standard InChI is InChI=1S/C13H14BrNO3S/c1-15-12(13-11(14)7-8-18-13)9-3-5-10(6-4-9)19(2,16)17/h3-8,12,15H,1-2H3. The molecule has 0 aliphatic rings. The number of benzene rings is 1. The third kappa shape index (κ3) is 3.08. The van der Waals surface area contributed by atoms with Gasteiger partial charge in [0.15, 0.2) is 9.84 Å². The van der Waals surface area contributed by atoms with E-state index < -0.39 is 9.84 Å². The first-order valence-electron chi connectivity index (χ1n) is 5.63. The van der Waals surface area contributed by atoms with Gasteiger partial charge in [-0.1, -0.05) is 12.1 Å². The van der Waals surface area contributed by atoms with Crippen molar-refractivity contribution in [2.75, 3.05) is 13.3 Å². The van der Waals surface area contributed by atoms with E-state index in [2.05, 4.69) is 21.2 Å². The highest BCUT2D eigenvalue weighted by atomic mass is 79.9. The van der Waals surface area contributed by atoms with Crippen LogP contribution in [-0.4, -0.2) is 21.7 Å². The molecule has 1 atom stereocenters. The molecule has 19 heavy (non-hydrogen) atoms. The van der Waals surface area contributed by atoms with Gasteiger partial charge in [-0.25, -0.2) is 8.42 Å². The molecular weight excluding hydrogens is 330 g/mol. The third-order valence-corrected chi connectivity index (χ3v) is 4.62. The van der Waals surface area contributed by atoms with Gasteiger partial charge in [0.25, 0.3) is 0 Å². The van der Waals surface area contributed by atoms with Crippen molar-refractivity contribution in [1.29, 1.82) is 0 Å². The fourth-order valence-corrected chi connectivity index (χ4v) is 2.93. The second kappa shape index (κ2) is 5.48. The molecule has 102 valence electrons. The summed E-state index contributed by atoms with van der Waals surface area (Å²) in [5.74, 6) is 0.759. The van der Waals surface area contributed by atoms with Crippen LogP contribution in [0, 0.1) is 0 Å². The lowest BCUT2D eigenvalue weighted by Crippen LogP contribution is -2.17. The minimum absolute atomic E-state index is 0.127. The summed E-state index contributed by atoms with van der Waals surface area (Å²) < 4.78 is 29.2. The van der Waals surface area contributed by atoms with Crippen molar-refractivity contribution in [1.82, 2.24) is 5.32 Å². The van der Waals surface area contributed by atoms with Gasteiger partial charge in [-0.15, -0.1) is 0 Å². The van der Waals surface area contributed by atoms with Gasteiger partial charge in [0.1, 0.15) is 5.76 Å². The molecule has 0 amide bonds. The Morgan fingerprint density at radius 3 is 2.26 bits per heavy atom. The summed E-state index contributed by atoms with van der Waals surface area (Å²) in [6.45, 7) is 0. The Morgan fingerprint density at radius 2 is 1.84 bits per heavy atom. The fourth-order valence-electron chi connectivity index (χ4n) is 1.87. The molecule has 1 aromatic carbocycles. The van der Waals surface area contributed by atoms with Crippen LogP contribution in [0.3, 0.4) is 0 Å². The predicted molar refractivity (Wildman–Crippen MR) is 76.9 cm³/mol. The molecule has 0 spiro atoms. The van der Waals surface area contributed by atoms with Crippen LogP contribution in [0.4, 0.5) is 0 Å². The SMILES string of the molecule is CNC(c1ccc(S(C)(=O)=O)cc1)c1occc1Br. The van der Waals surface area contributed by atoms with Crippen molar-refractivity contribution < 1.29 is 12.8 Å². The minimum atomic E-state index is -3.17. The second-order valence-electron chi connectivity index (χ2n) is 4.20. The molecule has 1 unspecified atom stereocenters. The Hall–Kier alpha value is -1.11. The van der Waals surface area contributed by atoms with Crippen LogP contribution in [-0.2, 0) is 9.84 Å². The largest absolute Gasteiger partial charge is 0.466 e. The Labute approximate surface area is 120 Å². The zero-order valence-corrected chi connectivity index (χ0v) is 13.0. The summed E-state index contributed by atoms with van der Waals surface area (Å²) >= 11 is 3.42. The zero-order chi connectivity index (χ0) is 14.0. The van der Waals surface area contributed by atoms with Gasteiger partial charge in [0.05, 0.1) is 21.7 Å². The summed E-state index contributed by atoms with van der Waals surface area (Å²) in [4.78, 5) is 0.310. The van der Waals surface area contributed by atoms with Gasteiger partial charge in [-0.2, -0.15) is 0 Å². The maximum atomic E-state index is 11.4. The van der Waals surface area contributed by atoms with Crippen LogP contribution in [0.15, 0.2) is 50.4 Å². The highest BCUT2D eigenvalue weighted by molar-refractivity contribution is 9.10. The number of halogens is 1. The van der Waals surface area contributed by atoms with Crippen molar-refractivity contribution in [2.24, 2.45) is 0 Å². The summed E-state index contributed by atoms with van der Waals surface area (Å²) in [5, 5.41) is 3.15. The van der Waals surface area contributed by atoms with E-state index in [0.29, 0.717) is 4.90 Å². The molecular formula is C13H14BrNO3S. The van der Waals surface area contributed by atoms with Crippen LogP contribution in [0.25, 0.3) is 0 Å². The molecule has 1 heterocycles. The summed E-state index contributed by atoms with van der Waals surface area (Å²) in [6.07, 6.45) is 2.80. The number of furan rings is 1. The summed E-state index contributed by atoms with van der Waals surface area (Å²) in [5.41, 5.74) is 0.936. The van der Waals surface area contributed by atoms with E-state index in [-0.39, 0.29) is 6.04 Å². The molecule has 1 N–H and O–H groups in total. The monoisotopic (exact) mass is 343 g/mol. The van der Waals surface area contributed by atoms with E-state index in [9.17, 15) is 8.42 Å². The van der Waals surface area contributed by atoms with Crippen LogP contribution >= 0.6 is 15.9 Å². The summed E-state index contributed by atoms with van der Waals surface area (Å²) in [7, 11) is -1.34. The zero-order valence-electron chi connectivity index (χ0n) is 10.6. The van der Waals surface area contributed by atoms with E-state index in [1.807, 2.05) is 13.1 Å². The van der Waals surface area contributed by atoms with Crippen LogP contribution in [0.1, 0.15) is 17.4 Å². The highest BCUT2D eigenvalue weighted by Gasteiger charge is 2.18. The molecule has 0 aliphatic heterocycles. The smallest absolute Gasteiger partial charge is 0.175 e. The fraction of sp³-hybridized carbons (Fsp3) is 0.231. The Morgan fingerprint density at radius 1 is 1.21 bits per heavy atom. The number of hydrogen-bond acceptors (Lipinski definition) is 4. The lowest BCUT2D eigenvalue weighted by atomic mass is 10.1. The highest BCUT2D eigenvalue weighted by Crippen LogP contribution is 2.29. The second-order valence-corrected chi connectivity index (χ2v) is 7.07. The summed E-state index contributed by atoms with van der Waals surface area (Å²) in [6, 6.07) is 8.47. The van der Waals surface area contributed by atoms with E-state index in [0.717, 1.165) is 15.8 Å². The molecule has 0 radical (unpaired) electrons. The Kier molecular flexibility index (Phi) is 4.13. The molecule has 1 aromatic heterocycles. The maximum absolute atomic E-state index is 11.4. The van der Waals surface area contributed by atoms with Crippen LogP contribution in [0.2, 0.25) is 0 Å². The molecule has 2 rings (SSSR count).